The largest absolute Gasteiger partial charge is 0.353 e. The monoisotopic (exact) mass is 329 g/mol. The highest BCUT2D eigenvalue weighted by Crippen LogP contribution is 2.18. The molecule has 3 rings (SSSR count). The summed E-state index contributed by atoms with van der Waals surface area (Å²) in [5.74, 6) is -0.00968. The number of rotatable bonds is 6. The molecular formula is C19H27N3O2. The Kier molecular flexibility index (Phi) is 5.86. The van der Waals surface area contributed by atoms with Crippen LogP contribution in [0.25, 0.3) is 0 Å². The number of amides is 2. The van der Waals surface area contributed by atoms with Crippen LogP contribution in [0.2, 0.25) is 0 Å². The fourth-order valence-corrected chi connectivity index (χ4v) is 3.70. The number of carbonyl (C=O) groups is 2. The van der Waals surface area contributed by atoms with Gasteiger partial charge in [0.2, 0.25) is 11.8 Å². The van der Waals surface area contributed by atoms with Crippen LogP contribution in [0.3, 0.4) is 0 Å². The predicted octanol–water partition coefficient (Wildman–Crippen LogP) is 1.48. The highest BCUT2D eigenvalue weighted by molar-refractivity contribution is 5.88. The van der Waals surface area contributed by atoms with E-state index in [1.807, 2.05) is 18.2 Å². The van der Waals surface area contributed by atoms with Crippen LogP contribution >= 0.6 is 0 Å². The van der Waals surface area contributed by atoms with Crippen molar-refractivity contribution in [3.63, 3.8) is 0 Å². The molecule has 2 N–H and O–H groups in total. The minimum absolute atomic E-state index is 0.00802. The smallest absolute Gasteiger partial charge is 0.237 e. The van der Waals surface area contributed by atoms with E-state index in [1.54, 1.807) is 0 Å². The molecule has 2 aliphatic rings. The molecule has 0 spiro atoms. The van der Waals surface area contributed by atoms with E-state index >= 15 is 0 Å². The molecule has 5 heteroatoms. The third kappa shape index (κ3) is 4.57. The Bertz CT molecular complexity index is 555. The van der Waals surface area contributed by atoms with Crippen LogP contribution in [0.4, 0.5) is 0 Å². The summed E-state index contributed by atoms with van der Waals surface area (Å²) < 4.78 is 0. The summed E-state index contributed by atoms with van der Waals surface area (Å²) in [6.07, 6.45) is 5.68. The molecule has 2 amide bonds. The highest BCUT2D eigenvalue weighted by atomic mass is 16.2. The van der Waals surface area contributed by atoms with Crippen molar-refractivity contribution in [2.45, 2.75) is 50.6 Å². The van der Waals surface area contributed by atoms with Crippen LogP contribution in [0.15, 0.2) is 30.3 Å². The lowest BCUT2D eigenvalue weighted by Gasteiger charge is -2.34. The van der Waals surface area contributed by atoms with Gasteiger partial charge in [-0.05, 0) is 24.8 Å². The van der Waals surface area contributed by atoms with Crippen molar-refractivity contribution in [2.24, 2.45) is 0 Å². The van der Waals surface area contributed by atoms with E-state index in [4.69, 9.17) is 0 Å². The fraction of sp³-hybridized carbons (Fsp3) is 0.579. The van der Waals surface area contributed by atoms with Crippen LogP contribution in [-0.2, 0) is 16.0 Å². The van der Waals surface area contributed by atoms with Gasteiger partial charge in [-0.15, -0.1) is 0 Å². The van der Waals surface area contributed by atoms with Crippen molar-refractivity contribution < 1.29 is 9.59 Å². The summed E-state index contributed by atoms with van der Waals surface area (Å²) in [7, 11) is 0. The Morgan fingerprint density at radius 2 is 1.96 bits per heavy atom. The molecule has 1 heterocycles. The van der Waals surface area contributed by atoms with Gasteiger partial charge in [-0.2, -0.15) is 0 Å². The molecule has 2 fully saturated rings. The first-order chi connectivity index (χ1) is 11.7. The maximum atomic E-state index is 12.3. The van der Waals surface area contributed by atoms with Crippen molar-refractivity contribution in [2.75, 3.05) is 19.6 Å². The Morgan fingerprint density at radius 1 is 1.21 bits per heavy atom. The standard InChI is InChI=1S/C19H27N3O2/c23-18(21-16-8-4-5-9-16)14-17-19(24)20-11-13-22(17)12-10-15-6-2-1-3-7-15/h1-3,6-7,16-17H,4-5,8-14H2,(H,20,24)(H,21,23). The lowest BCUT2D eigenvalue weighted by Crippen LogP contribution is -2.57. The minimum Gasteiger partial charge on any atom is -0.353 e. The van der Waals surface area contributed by atoms with Gasteiger partial charge < -0.3 is 10.6 Å². The summed E-state index contributed by atoms with van der Waals surface area (Å²) in [6.45, 7) is 2.27. The zero-order chi connectivity index (χ0) is 16.8. The zero-order valence-corrected chi connectivity index (χ0v) is 14.2. The third-order valence-electron chi connectivity index (χ3n) is 5.07. The highest BCUT2D eigenvalue weighted by Gasteiger charge is 2.31. The van der Waals surface area contributed by atoms with Crippen LogP contribution in [0, 0.1) is 0 Å². The molecule has 130 valence electrons. The summed E-state index contributed by atoms with van der Waals surface area (Å²) >= 11 is 0. The molecule has 0 aromatic heterocycles. The molecule has 1 aromatic rings. The van der Waals surface area contributed by atoms with Gasteiger partial charge in [-0.25, -0.2) is 0 Å². The van der Waals surface area contributed by atoms with E-state index < -0.39 is 0 Å². The maximum Gasteiger partial charge on any atom is 0.237 e. The van der Waals surface area contributed by atoms with E-state index in [2.05, 4.69) is 27.7 Å². The first-order valence-electron chi connectivity index (χ1n) is 9.07. The number of nitrogens with zero attached hydrogens (tertiary/aromatic N) is 1. The Labute approximate surface area is 143 Å². The fourth-order valence-electron chi connectivity index (χ4n) is 3.70. The van der Waals surface area contributed by atoms with Crippen molar-refractivity contribution >= 4 is 11.8 Å². The van der Waals surface area contributed by atoms with Gasteiger partial charge >= 0.3 is 0 Å². The minimum atomic E-state index is -0.344. The van der Waals surface area contributed by atoms with Gasteiger partial charge in [0.25, 0.3) is 0 Å². The molecule has 0 bridgehead atoms. The lowest BCUT2D eigenvalue weighted by atomic mass is 10.1. The van der Waals surface area contributed by atoms with Crippen molar-refractivity contribution in [3.8, 4) is 0 Å². The van der Waals surface area contributed by atoms with E-state index in [0.29, 0.717) is 12.6 Å². The molecule has 1 saturated heterocycles. The number of hydrogen-bond acceptors (Lipinski definition) is 3. The Hall–Kier alpha value is -1.88. The first-order valence-corrected chi connectivity index (χ1v) is 9.07. The molecule has 1 atom stereocenters. The lowest BCUT2D eigenvalue weighted by molar-refractivity contribution is -0.134. The van der Waals surface area contributed by atoms with Crippen LogP contribution in [0.5, 0.6) is 0 Å². The summed E-state index contributed by atoms with van der Waals surface area (Å²) in [6, 6.07) is 10.2. The van der Waals surface area contributed by atoms with Gasteiger partial charge in [0, 0.05) is 25.7 Å². The molecule has 1 aliphatic carbocycles. The van der Waals surface area contributed by atoms with E-state index in [0.717, 1.165) is 32.4 Å². The Morgan fingerprint density at radius 3 is 2.71 bits per heavy atom. The van der Waals surface area contributed by atoms with Gasteiger partial charge in [0.05, 0.1) is 12.5 Å². The number of carbonyl (C=O) groups excluding carboxylic acids is 2. The molecule has 1 unspecified atom stereocenters. The Balaban J connectivity index is 1.55. The van der Waals surface area contributed by atoms with E-state index in [-0.39, 0.29) is 24.3 Å². The summed E-state index contributed by atoms with van der Waals surface area (Å²) in [5, 5.41) is 5.99. The second-order valence-corrected chi connectivity index (χ2v) is 6.83. The average Bonchev–Trinajstić information content (AvgIpc) is 3.09. The van der Waals surface area contributed by atoms with Gasteiger partial charge in [0.15, 0.2) is 0 Å². The van der Waals surface area contributed by atoms with Gasteiger partial charge in [0.1, 0.15) is 0 Å². The van der Waals surface area contributed by atoms with Gasteiger partial charge in [-0.3, -0.25) is 14.5 Å². The molecular weight excluding hydrogens is 302 g/mol. The second kappa shape index (κ2) is 8.29. The number of piperazine rings is 1. The molecule has 1 aromatic carbocycles. The molecule has 24 heavy (non-hydrogen) atoms. The van der Waals surface area contributed by atoms with E-state index in [9.17, 15) is 9.59 Å². The van der Waals surface area contributed by atoms with E-state index in [1.165, 1.54) is 18.4 Å². The topological polar surface area (TPSA) is 61.4 Å². The van der Waals surface area contributed by atoms with Gasteiger partial charge in [-0.1, -0.05) is 43.2 Å². The molecule has 1 saturated carbocycles. The normalized spacial score (nSPS) is 22.3. The van der Waals surface area contributed by atoms with Crippen LogP contribution < -0.4 is 10.6 Å². The number of benzene rings is 1. The summed E-state index contributed by atoms with van der Waals surface area (Å²) in [5.41, 5.74) is 1.26. The number of nitrogens with one attached hydrogen (secondary N) is 2. The quantitative estimate of drug-likeness (QED) is 0.831. The third-order valence-corrected chi connectivity index (χ3v) is 5.07. The molecule has 0 radical (unpaired) electrons. The van der Waals surface area contributed by atoms with Crippen molar-refractivity contribution in [1.29, 1.82) is 0 Å². The van der Waals surface area contributed by atoms with Crippen molar-refractivity contribution in [3.05, 3.63) is 35.9 Å². The average molecular weight is 329 g/mol. The van der Waals surface area contributed by atoms with Crippen molar-refractivity contribution in [1.82, 2.24) is 15.5 Å². The zero-order valence-electron chi connectivity index (χ0n) is 14.2. The molecule has 1 aliphatic heterocycles. The van der Waals surface area contributed by atoms with Crippen LogP contribution in [-0.4, -0.2) is 48.4 Å². The number of hydrogen-bond donors (Lipinski definition) is 2. The molecule has 5 nitrogen and oxygen atoms in total. The first kappa shape index (κ1) is 17.0. The predicted molar refractivity (Wildman–Crippen MR) is 93.5 cm³/mol. The van der Waals surface area contributed by atoms with Crippen LogP contribution in [0.1, 0.15) is 37.7 Å². The maximum absolute atomic E-state index is 12.3. The SMILES string of the molecule is O=C(CC1C(=O)NCCN1CCc1ccccc1)NC1CCCC1. The summed E-state index contributed by atoms with van der Waals surface area (Å²) in [4.78, 5) is 26.7. The second-order valence-electron chi connectivity index (χ2n) is 6.83.